The summed E-state index contributed by atoms with van der Waals surface area (Å²) in [6, 6.07) is 16.1. The Labute approximate surface area is 215 Å². The monoisotopic (exact) mass is 520 g/mol. The van der Waals surface area contributed by atoms with Crippen molar-refractivity contribution in [1.29, 1.82) is 0 Å². The van der Waals surface area contributed by atoms with Crippen LogP contribution >= 0.6 is 22.9 Å². The molecule has 0 saturated carbocycles. The summed E-state index contributed by atoms with van der Waals surface area (Å²) >= 11 is 8.08. The molecule has 36 heavy (non-hydrogen) atoms. The number of carboxylic acids is 1. The molecule has 0 amide bonds. The molecule has 0 aliphatic carbocycles. The first kappa shape index (κ1) is 22.7. The number of hydrogen-bond acceptors (Lipinski definition) is 8. The summed E-state index contributed by atoms with van der Waals surface area (Å²) in [7, 11) is 0. The first-order valence-corrected chi connectivity index (χ1v) is 12.7. The molecule has 0 unspecified atom stereocenters. The zero-order valence-corrected chi connectivity index (χ0v) is 20.6. The van der Waals surface area contributed by atoms with Gasteiger partial charge in [0.15, 0.2) is 11.7 Å². The number of piperidine rings is 1. The van der Waals surface area contributed by atoms with Gasteiger partial charge in [0.05, 0.1) is 16.1 Å². The molecule has 4 aromatic rings. The van der Waals surface area contributed by atoms with Gasteiger partial charge in [0.2, 0.25) is 5.82 Å². The molecule has 9 nitrogen and oxygen atoms in total. The number of fused-ring (bicyclic) bond motifs is 1. The highest BCUT2D eigenvalue weighted by Crippen LogP contribution is 2.46. The maximum absolute atomic E-state index is 10.9. The number of ether oxygens (including phenoxy) is 1. The summed E-state index contributed by atoms with van der Waals surface area (Å²) < 4.78 is 6.60. The van der Waals surface area contributed by atoms with Crippen LogP contribution in [0.4, 0.5) is 5.13 Å². The summed E-state index contributed by atoms with van der Waals surface area (Å²) in [5.41, 5.74) is 2.72. The molecule has 0 atom stereocenters. The van der Waals surface area contributed by atoms with Crippen LogP contribution in [0.2, 0.25) is 5.02 Å². The van der Waals surface area contributed by atoms with Crippen molar-refractivity contribution in [3.05, 3.63) is 77.0 Å². The lowest BCUT2D eigenvalue weighted by atomic mass is 9.83. The van der Waals surface area contributed by atoms with Crippen LogP contribution in [-0.4, -0.2) is 55.0 Å². The average Bonchev–Trinajstić information content (AvgIpc) is 3.54. The molecule has 0 radical (unpaired) electrons. The highest BCUT2D eigenvalue weighted by Gasteiger charge is 2.40. The van der Waals surface area contributed by atoms with Crippen molar-refractivity contribution in [2.45, 2.75) is 25.0 Å². The van der Waals surface area contributed by atoms with Crippen LogP contribution in [-0.2, 0) is 11.3 Å². The molecule has 1 fully saturated rings. The number of anilines is 1. The summed E-state index contributed by atoms with van der Waals surface area (Å²) in [6.45, 7) is 1.20. The molecule has 2 aromatic carbocycles. The van der Waals surface area contributed by atoms with Crippen molar-refractivity contribution >= 4 is 39.6 Å². The van der Waals surface area contributed by atoms with Crippen LogP contribution in [0.5, 0.6) is 5.75 Å². The van der Waals surface area contributed by atoms with Crippen molar-refractivity contribution in [1.82, 2.24) is 25.2 Å². The van der Waals surface area contributed by atoms with Gasteiger partial charge in [0.25, 0.3) is 0 Å². The van der Waals surface area contributed by atoms with E-state index in [4.69, 9.17) is 21.4 Å². The smallest absolute Gasteiger partial charge is 0.327 e. The number of benzene rings is 2. The minimum absolute atomic E-state index is 0.334. The highest BCUT2D eigenvalue weighted by molar-refractivity contribution is 7.18. The normalized spacial score (nSPS) is 16.4. The van der Waals surface area contributed by atoms with E-state index in [2.05, 4.69) is 43.5 Å². The molecule has 2 aromatic heterocycles. The number of halogens is 1. The topological polar surface area (TPSA) is 106 Å². The molecule has 2 aliphatic rings. The zero-order valence-electron chi connectivity index (χ0n) is 19.0. The number of tetrazole rings is 1. The Hall–Kier alpha value is -3.76. The van der Waals surface area contributed by atoms with Crippen LogP contribution in [0, 0.1) is 0 Å². The minimum atomic E-state index is -1.02. The van der Waals surface area contributed by atoms with Gasteiger partial charge in [-0.05, 0) is 34.6 Å². The number of aliphatic carboxylic acids is 1. The molecule has 6 rings (SSSR count). The summed E-state index contributed by atoms with van der Waals surface area (Å²) in [4.78, 5) is 19.5. The van der Waals surface area contributed by atoms with E-state index in [1.807, 2.05) is 36.4 Å². The lowest BCUT2D eigenvalue weighted by molar-refractivity contribution is -0.138. The Morgan fingerprint density at radius 1 is 1.14 bits per heavy atom. The lowest BCUT2D eigenvalue weighted by Gasteiger charge is -2.43. The molecule has 11 heteroatoms. The van der Waals surface area contributed by atoms with Gasteiger partial charge >= 0.3 is 5.97 Å². The van der Waals surface area contributed by atoms with Gasteiger partial charge in [-0.25, -0.2) is 4.98 Å². The number of thiazole rings is 1. The number of carboxylic acid groups (broad SMARTS) is 1. The van der Waals surface area contributed by atoms with E-state index in [9.17, 15) is 4.79 Å². The maximum Gasteiger partial charge on any atom is 0.327 e. The average molecular weight is 521 g/mol. The van der Waals surface area contributed by atoms with E-state index in [-0.39, 0.29) is 6.54 Å². The number of hydrogen-bond donors (Lipinski definition) is 1. The molecule has 2 aliphatic heterocycles. The number of carbonyl (C=O) groups is 1. The van der Waals surface area contributed by atoms with Crippen molar-refractivity contribution < 1.29 is 14.6 Å². The Balaban J connectivity index is 1.23. The fourth-order valence-electron chi connectivity index (χ4n) is 4.65. The quantitative estimate of drug-likeness (QED) is 0.413. The van der Waals surface area contributed by atoms with Crippen molar-refractivity contribution in [2.24, 2.45) is 0 Å². The number of rotatable bonds is 5. The van der Waals surface area contributed by atoms with Crippen molar-refractivity contribution in [2.75, 3.05) is 18.0 Å². The van der Waals surface area contributed by atoms with E-state index in [0.717, 1.165) is 63.2 Å². The third kappa shape index (κ3) is 4.22. The molecule has 1 spiro atoms. The minimum Gasteiger partial charge on any atom is -0.482 e. The first-order valence-electron chi connectivity index (χ1n) is 11.5. The second-order valence-corrected chi connectivity index (χ2v) is 10.2. The SMILES string of the molecule is O=C(O)Cn1nnc(-c2cnc(N3CCC4(C=C(c5ccccc5)c5c(Cl)cccc5O4)CC3)s2)n1. The first-order chi connectivity index (χ1) is 17.5. The Morgan fingerprint density at radius 3 is 2.72 bits per heavy atom. The van der Waals surface area contributed by atoms with E-state index in [1.54, 1.807) is 6.20 Å². The zero-order chi connectivity index (χ0) is 24.7. The molecule has 0 bridgehead atoms. The van der Waals surface area contributed by atoms with E-state index < -0.39 is 11.6 Å². The molecule has 4 heterocycles. The van der Waals surface area contributed by atoms with Gasteiger partial charge < -0.3 is 14.7 Å². The lowest BCUT2D eigenvalue weighted by Crippen LogP contribution is -2.48. The summed E-state index contributed by atoms with van der Waals surface area (Å²) in [5, 5.41) is 22.4. The van der Waals surface area contributed by atoms with Crippen LogP contribution in [0.15, 0.2) is 60.8 Å². The third-order valence-corrected chi connectivity index (χ3v) is 7.74. The van der Waals surface area contributed by atoms with Gasteiger partial charge in [0, 0.05) is 31.5 Å². The van der Waals surface area contributed by atoms with Gasteiger partial charge in [-0.15, -0.1) is 10.2 Å². The second kappa shape index (κ2) is 9.03. The predicted octanol–water partition coefficient (Wildman–Crippen LogP) is 4.40. The molecular weight excluding hydrogens is 500 g/mol. The second-order valence-electron chi connectivity index (χ2n) is 8.74. The fraction of sp³-hybridized carbons (Fsp3) is 0.240. The van der Waals surface area contributed by atoms with Crippen LogP contribution in [0.3, 0.4) is 0 Å². The van der Waals surface area contributed by atoms with E-state index >= 15 is 0 Å². The Bertz CT molecular complexity index is 1460. The maximum atomic E-state index is 10.9. The summed E-state index contributed by atoms with van der Waals surface area (Å²) in [6.07, 6.45) is 5.52. The van der Waals surface area contributed by atoms with E-state index in [1.165, 1.54) is 11.3 Å². The predicted molar refractivity (Wildman–Crippen MR) is 136 cm³/mol. The summed E-state index contributed by atoms with van der Waals surface area (Å²) in [5.74, 6) is 0.155. The Morgan fingerprint density at radius 2 is 1.94 bits per heavy atom. The molecule has 182 valence electrons. The van der Waals surface area contributed by atoms with Crippen LogP contribution in [0.1, 0.15) is 24.0 Å². The Kier molecular flexibility index (Phi) is 5.69. The van der Waals surface area contributed by atoms with E-state index in [0.29, 0.717) is 10.8 Å². The van der Waals surface area contributed by atoms with Crippen LogP contribution in [0.25, 0.3) is 16.3 Å². The number of nitrogens with zero attached hydrogens (tertiary/aromatic N) is 6. The standard InChI is InChI=1S/C25H21ClN6O3S/c26-18-7-4-8-19-22(18)17(16-5-2-1-3-6-16)13-25(35-19)9-11-31(12-10-25)24-27-14-20(36-24)23-28-30-32(29-23)15-21(33)34/h1-8,13-14H,9-12,15H2,(H,33,34). The van der Waals surface area contributed by atoms with Gasteiger partial charge in [-0.2, -0.15) is 4.80 Å². The van der Waals surface area contributed by atoms with Gasteiger partial charge in [-0.1, -0.05) is 59.3 Å². The highest BCUT2D eigenvalue weighted by atomic mass is 35.5. The third-order valence-electron chi connectivity index (χ3n) is 6.37. The largest absolute Gasteiger partial charge is 0.482 e. The number of aromatic nitrogens is 5. The van der Waals surface area contributed by atoms with Gasteiger partial charge in [-0.3, -0.25) is 4.79 Å². The van der Waals surface area contributed by atoms with Crippen LogP contribution < -0.4 is 9.64 Å². The van der Waals surface area contributed by atoms with Crippen molar-refractivity contribution in [3.63, 3.8) is 0 Å². The molecule has 1 N–H and O–H groups in total. The molecule has 1 saturated heterocycles. The fourth-order valence-corrected chi connectivity index (χ4v) is 5.81. The molecular formula is C25H21ClN6O3S. The van der Waals surface area contributed by atoms with Gasteiger partial charge in [0.1, 0.15) is 11.4 Å². The van der Waals surface area contributed by atoms with Crippen molar-refractivity contribution in [3.8, 4) is 16.5 Å².